The molecule has 0 spiro atoms. The Hall–Kier alpha value is -2.29. The molecule has 0 unspecified atom stereocenters. The second-order valence-corrected chi connectivity index (χ2v) is 5.67. The lowest BCUT2D eigenvalue weighted by molar-refractivity contribution is 0.0951. The van der Waals surface area contributed by atoms with Crippen LogP contribution in [0.2, 0.25) is 0 Å². The third-order valence-electron chi connectivity index (χ3n) is 3.62. The van der Waals surface area contributed by atoms with Crippen LogP contribution in [0.25, 0.3) is 0 Å². The first-order valence-corrected chi connectivity index (χ1v) is 7.41. The van der Waals surface area contributed by atoms with Gasteiger partial charge in [0.05, 0.1) is 0 Å². The molecule has 2 aromatic carbocycles. The molecule has 0 aliphatic heterocycles. The number of rotatable bonds is 5. The monoisotopic (exact) mass is 280 g/mol. The quantitative estimate of drug-likeness (QED) is 0.880. The molecule has 1 amide bonds. The molecule has 2 aromatic rings. The molecule has 3 rings (SSSR count). The van der Waals surface area contributed by atoms with Gasteiger partial charge in [0.25, 0.3) is 5.91 Å². The van der Waals surface area contributed by atoms with Gasteiger partial charge in [-0.05, 0) is 43.5 Å². The van der Waals surface area contributed by atoms with Gasteiger partial charge in [0, 0.05) is 23.8 Å². The molecule has 0 radical (unpaired) electrons. The topological polar surface area (TPSA) is 41.1 Å². The van der Waals surface area contributed by atoms with E-state index < -0.39 is 0 Å². The maximum absolute atomic E-state index is 12.0. The van der Waals surface area contributed by atoms with E-state index in [2.05, 4.69) is 41.8 Å². The smallest absolute Gasteiger partial charge is 0.251 e. The van der Waals surface area contributed by atoms with E-state index in [9.17, 15) is 4.79 Å². The summed E-state index contributed by atoms with van der Waals surface area (Å²) in [4.78, 5) is 12.0. The number of carbonyl (C=O) groups excluding carboxylic acids is 1. The summed E-state index contributed by atoms with van der Waals surface area (Å²) in [6, 6.07) is 16.5. The highest BCUT2D eigenvalue weighted by Crippen LogP contribution is 2.20. The van der Waals surface area contributed by atoms with Crippen molar-refractivity contribution in [3.63, 3.8) is 0 Å². The Balaban J connectivity index is 1.63. The number of anilines is 1. The van der Waals surface area contributed by atoms with Crippen LogP contribution in [0.1, 0.15) is 34.3 Å². The average Bonchev–Trinajstić information content (AvgIpc) is 3.29. The molecule has 3 heteroatoms. The second kappa shape index (κ2) is 6.00. The Morgan fingerprint density at radius 2 is 1.95 bits per heavy atom. The SMILES string of the molecule is Cc1cccc(CNc2cccc(C(=O)NC3CC3)c2)c1. The third-order valence-corrected chi connectivity index (χ3v) is 3.62. The molecular weight excluding hydrogens is 260 g/mol. The molecule has 0 bridgehead atoms. The molecule has 1 aliphatic rings. The van der Waals surface area contributed by atoms with E-state index in [4.69, 9.17) is 0 Å². The lowest BCUT2D eigenvalue weighted by atomic mass is 10.1. The molecule has 1 saturated carbocycles. The Morgan fingerprint density at radius 1 is 1.14 bits per heavy atom. The fourth-order valence-corrected chi connectivity index (χ4v) is 2.29. The summed E-state index contributed by atoms with van der Waals surface area (Å²) in [6.45, 7) is 2.85. The van der Waals surface area contributed by atoms with Crippen LogP contribution >= 0.6 is 0 Å². The lowest BCUT2D eigenvalue weighted by Crippen LogP contribution is -2.25. The largest absolute Gasteiger partial charge is 0.381 e. The third kappa shape index (κ3) is 3.85. The second-order valence-electron chi connectivity index (χ2n) is 5.67. The van der Waals surface area contributed by atoms with Crippen LogP contribution in [0.3, 0.4) is 0 Å². The number of nitrogens with one attached hydrogen (secondary N) is 2. The van der Waals surface area contributed by atoms with Gasteiger partial charge in [0.15, 0.2) is 0 Å². The zero-order valence-electron chi connectivity index (χ0n) is 12.2. The van der Waals surface area contributed by atoms with Crippen molar-refractivity contribution >= 4 is 11.6 Å². The maximum Gasteiger partial charge on any atom is 0.251 e. The number of hydrogen-bond donors (Lipinski definition) is 2. The summed E-state index contributed by atoms with van der Waals surface area (Å²) in [6.07, 6.45) is 2.22. The molecule has 0 atom stereocenters. The van der Waals surface area contributed by atoms with Crippen LogP contribution in [-0.4, -0.2) is 11.9 Å². The average molecular weight is 280 g/mol. The molecule has 1 fully saturated rings. The van der Waals surface area contributed by atoms with Gasteiger partial charge in [0.1, 0.15) is 0 Å². The molecule has 0 saturated heterocycles. The lowest BCUT2D eigenvalue weighted by Gasteiger charge is -2.09. The summed E-state index contributed by atoms with van der Waals surface area (Å²) in [5, 5.41) is 6.38. The first-order chi connectivity index (χ1) is 10.2. The van der Waals surface area contributed by atoms with Crippen molar-refractivity contribution in [2.45, 2.75) is 32.4 Å². The summed E-state index contributed by atoms with van der Waals surface area (Å²) in [7, 11) is 0. The minimum absolute atomic E-state index is 0.0247. The fourth-order valence-electron chi connectivity index (χ4n) is 2.29. The van der Waals surface area contributed by atoms with Gasteiger partial charge in [-0.2, -0.15) is 0 Å². The van der Waals surface area contributed by atoms with Crippen molar-refractivity contribution in [2.75, 3.05) is 5.32 Å². The van der Waals surface area contributed by atoms with E-state index in [0.29, 0.717) is 6.04 Å². The molecule has 108 valence electrons. The molecule has 0 heterocycles. The van der Waals surface area contributed by atoms with Crippen LogP contribution in [0.4, 0.5) is 5.69 Å². The maximum atomic E-state index is 12.0. The van der Waals surface area contributed by atoms with Gasteiger partial charge in [-0.1, -0.05) is 35.9 Å². The number of carbonyl (C=O) groups is 1. The number of aryl methyl sites for hydroxylation is 1. The van der Waals surface area contributed by atoms with Crippen molar-refractivity contribution in [2.24, 2.45) is 0 Å². The minimum Gasteiger partial charge on any atom is -0.381 e. The van der Waals surface area contributed by atoms with Gasteiger partial charge in [-0.3, -0.25) is 4.79 Å². The molecule has 2 N–H and O–H groups in total. The Kier molecular flexibility index (Phi) is 3.91. The van der Waals surface area contributed by atoms with Crippen LogP contribution < -0.4 is 10.6 Å². The first kappa shape index (κ1) is 13.7. The van der Waals surface area contributed by atoms with Gasteiger partial charge in [-0.25, -0.2) is 0 Å². The summed E-state index contributed by atoms with van der Waals surface area (Å²) >= 11 is 0. The normalized spacial score (nSPS) is 13.8. The van der Waals surface area contributed by atoms with E-state index in [-0.39, 0.29) is 5.91 Å². The molecule has 21 heavy (non-hydrogen) atoms. The van der Waals surface area contributed by atoms with Crippen molar-refractivity contribution in [1.29, 1.82) is 0 Å². The van der Waals surface area contributed by atoms with E-state index in [0.717, 1.165) is 30.6 Å². The molecule has 3 nitrogen and oxygen atoms in total. The van der Waals surface area contributed by atoms with E-state index in [1.165, 1.54) is 11.1 Å². The Labute approximate surface area is 125 Å². The van der Waals surface area contributed by atoms with Crippen LogP contribution in [0, 0.1) is 6.92 Å². The summed E-state index contributed by atoms with van der Waals surface area (Å²) in [5.41, 5.74) is 4.19. The van der Waals surface area contributed by atoms with Crippen molar-refractivity contribution in [3.8, 4) is 0 Å². The highest BCUT2D eigenvalue weighted by atomic mass is 16.1. The van der Waals surface area contributed by atoms with E-state index >= 15 is 0 Å². The highest BCUT2D eigenvalue weighted by Gasteiger charge is 2.23. The van der Waals surface area contributed by atoms with Gasteiger partial charge in [0.2, 0.25) is 0 Å². The molecular formula is C18H20N2O. The zero-order valence-corrected chi connectivity index (χ0v) is 12.2. The molecule has 0 aromatic heterocycles. The zero-order chi connectivity index (χ0) is 14.7. The Morgan fingerprint density at radius 3 is 2.71 bits per heavy atom. The van der Waals surface area contributed by atoms with E-state index in [1.807, 2.05) is 24.3 Å². The number of amides is 1. The van der Waals surface area contributed by atoms with Gasteiger partial charge < -0.3 is 10.6 Å². The predicted octanol–water partition coefficient (Wildman–Crippen LogP) is 3.50. The van der Waals surface area contributed by atoms with Crippen LogP contribution in [0.5, 0.6) is 0 Å². The first-order valence-electron chi connectivity index (χ1n) is 7.41. The van der Waals surface area contributed by atoms with Crippen molar-refractivity contribution in [1.82, 2.24) is 5.32 Å². The predicted molar refractivity (Wildman–Crippen MR) is 85.4 cm³/mol. The van der Waals surface area contributed by atoms with E-state index in [1.54, 1.807) is 0 Å². The van der Waals surface area contributed by atoms with Crippen LogP contribution in [0.15, 0.2) is 48.5 Å². The van der Waals surface area contributed by atoms with Gasteiger partial charge in [-0.15, -0.1) is 0 Å². The standard InChI is InChI=1S/C18H20N2O/c1-13-4-2-5-14(10-13)12-19-17-7-3-6-15(11-17)18(21)20-16-8-9-16/h2-7,10-11,16,19H,8-9,12H2,1H3,(H,20,21). The summed E-state index contributed by atoms with van der Waals surface area (Å²) in [5.74, 6) is 0.0247. The minimum atomic E-state index is 0.0247. The number of hydrogen-bond acceptors (Lipinski definition) is 2. The number of benzene rings is 2. The van der Waals surface area contributed by atoms with Crippen LogP contribution in [-0.2, 0) is 6.54 Å². The highest BCUT2D eigenvalue weighted by molar-refractivity contribution is 5.95. The molecule has 1 aliphatic carbocycles. The Bertz CT molecular complexity index is 647. The van der Waals surface area contributed by atoms with Crippen molar-refractivity contribution in [3.05, 3.63) is 65.2 Å². The van der Waals surface area contributed by atoms with Gasteiger partial charge >= 0.3 is 0 Å². The van der Waals surface area contributed by atoms with Crippen molar-refractivity contribution < 1.29 is 4.79 Å². The fraction of sp³-hybridized carbons (Fsp3) is 0.278. The summed E-state index contributed by atoms with van der Waals surface area (Å²) < 4.78 is 0.